The molecule has 1 aromatic rings. The zero-order valence-electron chi connectivity index (χ0n) is 10.8. The van der Waals surface area contributed by atoms with Crippen LogP contribution in [-0.4, -0.2) is 13.0 Å². The summed E-state index contributed by atoms with van der Waals surface area (Å²) >= 11 is 6.07. The van der Waals surface area contributed by atoms with Gasteiger partial charge in [0.05, 0.1) is 0 Å². The summed E-state index contributed by atoms with van der Waals surface area (Å²) in [6.07, 6.45) is 5.61. The standard InChI is InChI=1S/C15H20ClNO/c1-17-15(18)10-14(11-5-2-3-6-11)12-7-4-8-13(16)9-12/h4,7-9,11,14H,2-3,5-6,10H2,1H3,(H,17,18). The summed E-state index contributed by atoms with van der Waals surface area (Å²) in [4.78, 5) is 11.7. The van der Waals surface area contributed by atoms with Gasteiger partial charge in [-0.25, -0.2) is 0 Å². The fourth-order valence-electron chi connectivity index (χ4n) is 2.96. The second-order valence-corrected chi connectivity index (χ2v) is 5.52. The molecule has 2 nitrogen and oxygen atoms in total. The summed E-state index contributed by atoms with van der Waals surface area (Å²) < 4.78 is 0. The van der Waals surface area contributed by atoms with Crippen molar-refractivity contribution in [1.29, 1.82) is 0 Å². The van der Waals surface area contributed by atoms with Crippen molar-refractivity contribution >= 4 is 17.5 Å². The number of hydrogen-bond acceptors (Lipinski definition) is 1. The minimum Gasteiger partial charge on any atom is -0.359 e. The Morgan fingerprint density at radius 1 is 1.44 bits per heavy atom. The molecule has 1 amide bonds. The first kappa shape index (κ1) is 13.4. The zero-order chi connectivity index (χ0) is 13.0. The Labute approximate surface area is 114 Å². The van der Waals surface area contributed by atoms with Gasteiger partial charge in [-0.15, -0.1) is 0 Å². The number of halogens is 1. The van der Waals surface area contributed by atoms with Gasteiger partial charge < -0.3 is 5.32 Å². The highest BCUT2D eigenvalue weighted by atomic mass is 35.5. The molecule has 0 spiro atoms. The van der Waals surface area contributed by atoms with E-state index in [0.29, 0.717) is 18.3 Å². The average molecular weight is 266 g/mol. The van der Waals surface area contributed by atoms with Crippen LogP contribution in [0.5, 0.6) is 0 Å². The molecule has 0 radical (unpaired) electrons. The van der Waals surface area contributed by atoms with E-state index in [9.17, 15) is 4.79 Å². The van der Waals surface area contributed by atoms with Crippen LogP contribution in [0.25, 0.3) is 0 Å². The van der Waals surface area contributed by atoms with E-state index in [1.165, 1.54) is 31.2 Å². The van der Waals surface area contributed by atoms with Gasteiger partial charge in [0.25, 0.3) is 0 Å². The van der Waals surface area contributed by atoms with Crippen LogP contribution in [0, 0.1) is 5.92 Å². The maximum absolute atomic E-state index is 11.7. The molecule has 1 fully saturated rings. The van der Waals surface area contributed by atoms with Crippen LogP contribution in [0.2, 0.25) is 5.02 Å². The zero-order valence-corrected chi connectivity index (χ0v) is 11.5. The Morgan fingerprint density at radius 2 is 2.17 bits per heavy atom. The third-order valence-electron chi connectivity index (χ3n) is 3.93. The van der Waals surface area contributed by atoms with Crippen LogP contribution in [-0.2, 0) is 4.79 Å². The lowest BCUT2D eigenvalue weighted by molar-refractivity contribution is -0.121. The molecule has 1 saturated carbocycles. The number of amides is 1. The Bertz CT molecular complexity index is 413. The van der Waals surface area contributed by atoms with Gasteiger partial charge in [-0.3, -0.25) is 4.79 Å². The van der Waals surface area contributed by atoms with Gasteiger partial charge in [0.1, 0.15) is 0 Å². The van der Waals surface area contributed by atoms with Crippen molar-refractivity contribution in [3.05, 3.63) is 34.9 Å². The van der Waals surface area contributed by atoms with Crippen molar-refractivity contribution in [3.8, 4) is 0 Å². The highest BCUT2D eigenvalue weighted by Gasteiger charge is 2.28. The van der Waals surface area contributed by atoms with Crippen LogP contribution in [0.1, 0.15) is 43.6 Å². The van der Waals surface area contributed by atoms with Crippen LogP contribution in [0.15, 0.2) is 24.3 Å². The fraction of sp³-hybridized carbons (Fsp3) is 0.533. The molecule has 1 aliphatic carbocycles. The van der Waals surface area contributed by atoms with Gasteiger partial charge in [-0.05, 0) is 42.4 Å². The molecule has 1 unspecified atom stereocenters. The number of benzene rings is 1. The molecule has 0 heterocycles. The molecule has 98 valence electrons. The van der Waals surface area contributed by atoms with E-state index in [1.807, 2.05) is 18.2 Å². The van der Waals surface area contributed by atoms with Crippen LogP contribution in [0.3, 0.4) is 0 Å². The summed E-state index contributed by atoms with van der Waals surface area (Å²) in [5.41, 5.74) is 1.21. The van der Waals surface area contributed by atoms with Crippen molar-refractivity contribution in [2.24, 2.45) is 5.92 Å². The first-order valence-corrected chi connectivity index (χ1v) is 7.04. The maximum atomic E-state index is 11.7. The van der Waals surface area contributed by atoms with Gasteiger partial charge in [0.15, 0.2) is 0 Å². The lowest BCUT2D eigenvalue weighted by Crippen LogP contribution is -2.23. The molecular weight excluding hydrogens is 246 g/mol. The lowest BCUT2D eigenvalue weighted by atomic mass is 9.82. The predicted molar refractivity (Wildman–Crippen MR) is 74.8 cm³/mol. The van der Waals surface area contributed by atoms with Crippen molar-refractivity contribution in [1.82, 2.24) is 5.32 Å². The van der Waals surface area contributed by atoms with Crippen LogP contribution < -0.4 is 5.32 Å². The summed E-state index contributed by atoms with van der Waals surface area (Å²) in [6.45, 7) is 0. The SMILES string of the molecule is CNC(=O)CC(c1cccc(Cl)c1)C1CCCC1. The van der Waals surface area contributed by atoms with E-state index >= 15 is 0 Å². The van der Waals surface area contributed by atoms with Gasteiger partial charge in [0.2, 0.25) is 5.91 Å². The van der Waals surface area contributed by atoms with E-state index < -0.39 is 0 Å². The topological polar surface area (TPSA) is 29.1 Å². The van der Waals surface area contributed by atoms with Crippen molar-refractivity contribution in [3.63, 3.8) is 0 Å². The highest BCUT2D eigenvalue weighted by Crippen LogP contribution is 2.39. The second kappa shape index (κ2) is 6.24. The lowest BCUT2D eigenvalue weighted by Gasteiger charge is -2.23. The third kappa shape index (κ3) is 3.26. The summed E-state index contributed by atoms with van der Waals surface area (Å²) in [5, 5.41) is 3.49. The molecule has 0 bridgehead atoms. The van der Waals surface area contributed by atoms with Gasteiger partial charge in [-0.2, -0.15) is 0 Å². The van der Waals surface area contributed by atoms with Crippen molar-refractivity contribution in [2.45, 2.75) is 38.0 Å². The third-order valence-corrected chi connectivity index (χ3v) is 4.16. The number of carbonyl (C=O) groups is 1. The Kier molecular flexibility index (Phi) is 4.65. The monoisotopic (exact) mass is 265 g/mol. The van der Waals surface area contributed by atoms with E-state index in [-0.39, 0.29) is 5.91 Å². The molecule has 0 aromatic heterocycles. The van der Waals surface area contributed by atoms with Gasteiger partial charge in [-0.1, -0.05) is 36.6 Å². The Morgan fingerprint density at radius 3 is 2.78 bits per heavy atom. The van der Waals surface area contributed by atoms with Crippen LogP contribution >= 0.6 is 11.6 Å². The van der Waals surface area contributed by atoms with Gasteiger partial charge >= 0.3 is 0 Å². The van der Waals surface area contributed by atoms with E-state index in [1.54, 1.807) is 7.05 Å². The predicted octanol–water partition coefficient (Wildman–Crippen LogP) is 3.75. The second-order valence-electron chi connectivity index (χ2n) is 5.08. The molecule has 3 heteroatoms. The molecule has 18 heavy (non-hydrogen) atoms. The molecule has 1 aliphatic rings. The highest BCUT2D eigenvalue weighted by molar-refractivity contribution is 6.30. The minimum atomic E-state index is 0.117. The maximum Gasteiger partial charge on any atom is 0.220 e. The molecule has 1 atom stereocenters. The van der Waals surface area contributed by atoms with Gasteiger partial charge in [0, 0.05) is 18.5 Å². The minimum absolute atomic E-state index is 0.117. The first-order valence-electron chi connectivity index (χ1n) is 6.66. The van der Waals surface area contributed by atoms with E-state index in [4.69, 9.17) is 11.6 Å². The Hall–Kier alpha value is -1.02. The molecule has 2 rings (SSSR count). The van der Waals surface area contributed by atoms with E-state index in [2.05, 4.69) is 11.4 Å². The largest absolute Gasteiger partial charge is 0.359 e. The molecule has 1 N–H and O–H groups in total. The fourth-order valence-corrected chi connectivity index (χ4v) is 3.15. The van der Waals surface area contributed by atoms with E-state index in [0.717, 1.165) is 5.02 Å². The number of rotatable bonds is 4. The summed E-state index contributed by atoms with van der Waals surface area (Å²) in [7, 11) is 1.70. The quantitative estimate of drug-likeness (QED) is 0.883. The molecular formula is C15H20ClNO. The van der Waals surface area contributed by atoms with Crippen molar-refractivity contribution in [2.75, 3.05) is 7.05 Å². The first-order chi connectivity index (χ1) is 8.70. The number of carbonyl (C=O) groups excluding carboxylic acids is 1. The van der Waals surface area contributed by atoms with Crippen molar-refractivity contribution < 1.29 is 4.79 Å². The summed E-state index contributed by atoms with van der Waals surface area (Å²) in [6, 6.07) is 7.96. The average Bonchev–Trinajstić information content (AvgIpc) is 2.89. The van der Waals surface area contributed by atoms with Crippen LogP contribution in [0.4, 0.5) is 0 Å². The number of nitrogens with one attached hydrogen (secondary N) is 1. The molecule has 0 saturated heterocycles. The Balaban J connectivity index is 2.20. The smallest absolute Gasteiger partial charge is 0.220 e. The summed E-state index contributed by atoms with van der Waals surface area (Å²) in [5.74, 6) is 1.05. The molecule has 0 aliphatic heterocycles. The molecule has 1 aromatic carbocycles. The number of hydrogen-bond donors (Lipinski definition) is 1. The normalized spacial score (nSPS) is 17.7.